The normalized spacial score (nSPS) is 8.92. The lowest BCUT2D eigenvalue weighted by molar-refractivity contribution is 0.0949. The van der Waals surface area contributed by atoms with Crippen LogP contribution in [0.25, 0.3) is 0 Å². The third-order valence-corrected chi connectivity index (χ3v) is 2.88. The number of hydrogen-bond donors (Lipinski definition) is 3. The van der Waals surface area contributed by atoms with E-state index in [2.05, 4.69) is 36.8 Å². The lowest BCUT2D eigenvalue weighted by Crippen LogP contribution is -2.30. The highest BCUT2D eigenvalue weighted by Crippen LogP contribution is 2.22. The van der Waals surface area contributed by atoms with Crippen LogP contribution in [0.2, 0.25) is 0 Å². The maximum absolute atomic E-state index is 10.9. The lowest BCUT2D eigenvalue weighted by atomic mass is 10.4. The van der Waals surface area contributed by atoms with Crippen molar-refractivity contribution in [2.24, 2.45) is 5.84 Å². The minimum absolute atomic E-state index is 0. The molecular formula is C5H6Br2ClN3O. The summed E-state index contributed by atoms with van der Waals surface area (Å²) in [6.45, 7) is 0. The van der Waals surface area contributed by atoms with E-state index in [9.17, 15) is 4.79 Å². The zero-order valence-corrected chi connectivity index (χ0v) is 9.72. The molecule has 0 aliphatic heterocycles. The second-order valence-electron chi connectivity index (χ2n) is 1.82. The van der Waals surface area contributed by atoms with E-state index in [-0.39, 0.29) is 18.3 Å². The predicted octanol–water partition coefficient (Wildman–Crippen LogP) is 1.56. The molecular weight excluding hydrogens is 313 g/mol. The highest BCUT2D eigenvalue weighted by molar-refractivity contribution is 9.13. The first kappa shape index (κ1) is 12.0. The fourth-order valence-corrected chi connectivity index (χ4v) is 1.26. The van der Waals surface area contributed by atoms with E-state index in [4.69, 9.17) is 5.84 Å². The number of carbonyl (C=O) groups is 1. The molecule has 0 aliphatic carbocycles. The third kappa shape index (κ3) is 2.48. The Morgan fingerprint density at radius 2 is 2.17 bits per heavy atom. The van der Waals surface area contributed by atoms with E-state index in [1.807, 2.05) is 5.43 Å². The second-order valence-corrected chi connectivity index (χ2v) is 3.47. The number of amides is 1. The summed E-state index contributed by atoms with van der Waals surface area (Å²) < 4.78 is 1.51. The molecule has 0 unspecified atom stereocenters. The quantitative estimate of drug-likeness (QED) is 0.418. The molecule has 1 heterocycles. The molecule has 1 rings (SSSR count). The molecule has 12 heavy (non-hydrogen) atoms. The Hall–Kier alpha value is -0.0400. The Labute approximate surface area is 91.9 Å². The van der Waals surface area contributed by atoms with Gasteiger partial charge in [-0.1, -0.05) is 0 Å². The van der Waals surface area contributed by atoms with Crippen LogP contribution in [-0.4, -0.2) is 10.9 Å². The van der Waals surface area contributed by atoms with E-state index in [1.54, 1.807) is 6.07 Å². The van der Waals surface area contributed by atoms with Gasteiger partial charge in [-0.2, -0.15) is 0 Å². The SMILES string of the molecule is Cl.NNC(=O)c1cc(Br)c(Br)[nH]1. The molecule has 0 aromatic carbocycles. The van der Waals surface area contributed by atoms with Crippen molar-refractivity contribution in [1.82, 2.24) is 10.4 Å². The average Bonchev–Trinajstić information content (AvgIpc) is 2.31. The number of nitrogen functional groups attached to an aromatic ring is 1. The summed E-state index contributed by atoms with van der Waals surface area (Å²) in [5.41, 5.74) is 2.42. The summed E-state index contributed by atoms with van der Waals surface area (Å²) >= 11 is 6.40. The van der Waals surface area contributed by atoms with Crippen molar-refractivity contribution in [2.75, 3.05) is 0 Å². The van der Waals surface area contributed by atoms with Crippen LogP contribution in [0.15, 0.2) is 15.1 Å². The Kier molecular flexibility index (Phi) is 4.84. The summed E-state index contributed by atoms with van der Waals surface area (Å²) in [6, 6.07) is 1.63. The molecule has 1 amide bonds. The molecule has 0 spiro atoms. The van der Waals surface area contributed by atoms with Crippen molar-refractivity contribution in [2.45, 2.75) is 0 Å². The first-order valence-electron chi connectivity index (χ1n) is 2.70. The van der Waals surface area contributed by atoms with Crippen LogP contribution in [0.4, 0.5) is 0 Å². The van der Waals surface area contributed by atoms with Crippen LogP contribution in [0.3, 0.4) is 0 Å². The van der Waals surface area contributed by atoms with Gasteiger partial charge in [0.05, 0.1) is 9.08 Å². The van der Waals surface area contributed by atoms with E-state index >= 15 is 0 Å². The number of nitrogens with one attached hydrogen (secondary N) is 2. The van der Waals surface area contributed by atoms with E-state index in [0.29, 0.717) is 5.69 Å². The maximum Gasteiger partial charge on any atom is 0.281 e. The third-order valence-electron chi connectivity index (χ3n) is 1.10. The largest absolute Gasteiger partial charge is 0.344 e. The fourth-order valence-electron chi connectivity index (χ4n) is 0.604. The van der Waals surface area contributed by atoms with Crippen LogP contribution in [-0.2, 0) is 0 Å². The molecule has 4 N–H and O–H groups in total. The number of rotatable bonds is 1. The van der Waals surface area contributed by atoms with Crippen LogP contribution in [0, 0.1) is 0 Å². The molecule has 1 aromatic heterocycles. The van der Waals surface area contributed by atoms with Gasteiger partial charge in [0.25, 0.3) is 5.91 Å². The Morgan fingerprint density at radius 3 is 2.50 bits per heavy atom. The van der Waals surface area contributed by atoms with Gasteiger partial charge in [-0.3, -0.25) is 10.2 Å². The molecule has 0 aliphatic rings. The number of hydrogen-bond acceptors (Lipinski definition) is 2. The zero-order chi connectivity index (χ0) is 8.43. The van der Waals surface area contributed by atoms with Crippen molar-refractivity contribution >= 4 is 50.2 Å². The minimum Gasteiger partial charge on any atom is -0.344 e. The highest BCUT2D eigenvalue weighted by Gasteiger charge is 2.08. The van der Waals surface area contributed by atoms with Crippen molar-refractivity contribution in [3.05, 3.63) is 20.8 Å². The molecule has 68 valence electrons. The Morgan fingerprint density at radius 1 is 1.58 bits per heavy atom. The maximum atomic E-state index is 10.9. The van der Waals surface area contributed by atoms with Gasteiger partial charge in [0.1, 0.15) is 5.69 Å². The van der Waals surface area contributed by atoms with Gasteiger partial charge in [0, 0.05) is 0 Å². The van der Waals surface area contributed by atoms with Crippen molar-refractivity contribution < 1.29 is 4.79 Å². The topological polar surface area (TPSA) is 70.9 Å². The number of carbonyl (C=O) groups excluding carboxylic acids is 1. The first-order valence-corrected chi connectivity index (χ1v) is 4.28. The molecule has 1 aromatic rings. The van der Waals surface area contributed by atoms with Gasteiger partial charge in [0.15, 0.2) is 0 Å². The summed E-state index contributed by atoms with van der Waals surface area (Å²) in [6.07, 6.45) is 0. The standard InChI is InChI=1S/C5H5Br2N3O.ClH/c6-2-1-3(5(11)10-8)9-4(2)7;/h1,9H,8H2,(H,10,11);1H. The summed E-state index contributed by atoms with van der Waals surface area (Å²) in [5, 5.41) is 0. The molecule has 0 bridgehead atoms. The molecule has 0 radical (unpaired) electrons. The summed E-state index contributed by atoms with van der Waals surface area (Å²) in [7, 11) is 0. The Balaban J connectivity index is 0.00000121. The van der Waals surface area contributed by atoms with Gasteiger partial charge in [-0.25, -0.2) is 5.84 Å². The number of aromatic amines is 1. The summed E-state index contributed by atoms with van der Waals surface area (Å²) in [5.74, 6) is 4.56. The van der Waals surface area contributed by atoms with Crippen molar-refractivity contribution in [3.8, 4) is 0 Å². The molecule has 0 atom stereocenters. The predicted molar refractivity (Wildman–Crippen MR) is 55.1 cm³/mol. The van der Waals surface area contributed by atoms with Gasteiger partial charge < -0.3 is 4.98 Å². The van der Waals surface area contributed by atoms with Crippen molar-refractivity contribution in [3.63, 3.8) is 0 Å². The van der Waals surface area contributed by atoms with Crippen LogP contribution in [0.5, 0.6) is 0 Å². The van der Waals surface area contributed by atoms with E-state index < -0.39 is 0 Å². The van der Waals surface area contributed by atoms with E-state index in [0.717, 1.165) is 9.08 Å². The van der Waals surface area contributed by atoms with Gasteiger partial charge in [-0.05, 0) is 37.9 Å². The molecule has 0 fully saturated rings. The number of hydrazine groups is 1. The highest BCUT2D eigenvalue weighted by atomic mass is 79.9. The van der Waals surface area contributed by atoms with E-state index in [1.165, 1.54) is 0 Å². The van der Waals surface area contributed by atoms with Crippen molar-refractivity contribution in [1.29, 1.82) is 0 Å². The second kappa shape index (κ2) is 4.86. The van der Waals surface area contributed by atoms with Crippen LogP contribution in [0.1, 0.15) is 10.5 Å². The fraction of sp³-hybridized carbons (Fsp3) is 0. The van der Waals surface area contributed by atoms with Gasteiger partial charge in [0.2, 0.25) is 0 Å². The smallest absolute Gasteiger partial charge is 0.281 e. The number of aromatic nitrogens is 1. The number of nitrogens with two attached hydrogens (primary N) is 1. The molecule has 4 nitrogen and oxygen atoms in total. The molecule has 7 heteroatoms. The zero-order valence-electron chi connectivity index (χ0n) is 5.73. The van der Waals surface area contributed by atoms with Crippen LogP contribution >= 0.6 is 44.3 Å². The molecule has 0 saturated carbocycles. The van der Waals surface area contributed by atoms with Gasteiger partial charge >= 0.3 is 0 Å². The Bertz CT molecular complexity index is 269. The van der Waals surface area contributed by atoms with Crippen LogP contribution < -0.4 is 11.3 Å². The number of halogens is 3. The monoisotopic (exact) mass is 317 g/mol. The first-order chi connectivity index (χ1) is 5.15. The lowest BCUT2D eigenvalue weighted by Gasteiger charge is -1.92. The molecule has 0 saturated heterocycles. The number of H-pyrrole nitrogens is 1. The van der Waals surface area contributed by atoms with Gasteiger partial charge in [-0.15, -0.1) is 12.4 Å². The minimum atomic E-state index is -0.351. The average molecular weight is 319 g/mol. The summed E-state index contributed by atoms with van der Waals surface area (Å²) in [4.78, 5) is 13.6.